The third-order valence-corrected chi connectivity index (χ3v) is 1.98. The molecule has 0 fully saturated rings. The van der Waals surface area contributed by atoms with Gasteiger partial charge in [0.1, 0.15) is 0 Å². The number of rotatable bonds is 4. The molecule has 0 aliphatic carbocycles. The fourth-order valence-electron chi connectivity index (χ4n) is 0.645. The van der Waals surface area contributed by atoms with Gasteiger partial charge in [-0.15, -0.1) is 0 Å². The smallest absolute Gasteiger partial charge is 0.00611 e. The molecule has 0 aromatic rings. The van der Waals surface area contributed by atoms with Crippen molar-refractivity contribution in [2.24, 2.45) is 0 Å². The van der Waals surface area contributed by atoms with E-state index in [1.165, 1.54) is 12.8 Å². The van der Waals surface area contributed by atoms with E-state index < -0.39 is 0 Å². The predicted molar refractivity (Wildman–Crippen MR) is 46.2 cm³/mol. The Bertz CT molecular complexity index is 63.9. The van der Waals surface area contributed by atoms with Crippen LogP contribution in [0.1, 0.15) is 19.8 Å². The molecule has 0 aliphatic heterocycles. The lowest BCUT2D eigenvalue weighted by molar-refractivity contribution is 0.297. The molecule has 1 nitrogen and oxygen atoms in total. The minimum absolute atomic E-state index is 0.706. The minimum Gasteiger partial charge on any atom is -0.307 e. The Morgan fingerprint density at radius 2 is 2.00 bits per heavy atom. The Morgan fingerprint density at radius 3 is 2.33 bits per heavy atom. The molecule has 0 spiro atoms. The lowest BCUT2D eigenvalue weighted by Gasteiger charge is -2.18. The van der Waals surface area contributed by atoms with Crippen molar-refractivity contribution < 1.29 is 0 Å². The van der Waals surface area contributed by atoms with Gasteiger partial charge >= 0.3 is 0 Å². The van der Waals surface area contributed by atoms with E-state index in [-0.39, 0.29) is 0 Å². The van der Waals surface area contributed by atoms with E-state index in [0.717, 1.165) is 5.75 Å². The van der Waals surface area contributed by atoms with E-state index in [9.17, 15) is 0 Å². The Balaban J connectivity index is 3.16. The van der Waals surface area contributed by atoms with E-state index >= 15 is 0 Å². The lowest BCUT2D eigenvalue weighted by Crippen LogP contribution is -2.24. The molecule has 0 aromatic carbocycles. The van der Waals surface area contributed by atoms with Gasteiger partial charge in [-0.05, 0) is 39.6 Å². The van der Waals surface area contributed by atoms with Crippen LogP contribution in [-0.2, 0) is 0 Å². The summed E-state index contributed by atoms with van der Waals surface area (Å²) in [6, 6.07) is 0.706. The molecule has 2 heteroatoms. The average Bonchev–Trinajstić information content (AvgIpc) is 1.82. The van der Waals surface area contributed by atoms with Gasteiger partial charge in [0, 0.05) is 6.04 Å². The van der Waals surface area contributed by atoms with Crippen LogP contribution in [0.25, 0.3) is 0 Å². The average molecular weight is 147 g/mol. The van der Waals surface area contributed by atoms with E-state index in [1.54, 1.807) is 0 Å². The first kappa shape index (κ1) is 9.31. The van der Waals surface area contributed by atoms with Crippen LogP contribution in [0.15, 0.2) is 0 Å². The molecule has 1 unspecified atom stereocenters. The second-order valence-electron chi connectivity index (χ2n) is 2.68. The maximum absolute atomic E-state index is 4.15. The molecule has 0 saturated heterocycles. The normalized spacial score (nSPS) is 14.3. The van der Waals surface area contributed by atoms with Gasteiger partial charge in [0.05, 0.1) is 0 Å². The zero-order valence-corrected chi connectivity index (χ0v) is 7.49. The van der Waals surface area contributed by atoms with Crippen molar-refractivity contribution >= 4 is 12.6 Å². The number of hydrogen-bond acceptors (Lipinski definition) is 2. The molecule has 0 aliphatic rings. The van der Waals surface area contributed by atoms with Gasteiger partial charge in [0.25, 0.3) is 0 Å². The highest BCUT2D eigenvalue weighted by molar-refractivity contribution is 7.80. The van der Waals surface area contributed by atoms with Crippen LogP contribution in [0.4, 0.5) is 0 Å². The summed E-state index contributed by atoms with van der Waals surface area (Å²) in [4.78, 5) is 2.24. The maximum Gasteiger partial charge on any atom is 0.00611 e. The summed E-state index contributed by atoms with van der Waals surface area (Å²) < 4.78 is 0. The van der Waals surface area contributed by atoms with Crippen LogP contribution in [0.3, 0.4) is 0 Å². The van der Waals surface area contributed by atoms with Crippen molar-refractivity contribution in [3.63, 3.8) is 0 Å². The molecule has 56 valence electrons. The van der Waals surface area contributed by atoms with Crippen LogP contribution in [-0.4, -0.2) is 30.8 Å². The van der Waals surface area contributed by atoms with Gasteiger partial charge in [0.15, 0.2) is 0 Å². The molecule has 1 atom stereocenters. The van der Waals surface area contributed by atoms with E-state index in [0.29, 0.717) is 6.04 Å². The van der Waals surface area contributed by atoms with Crippen molar-refractivity contribution in [2.45, 2.75) is 25.8 Å². The topological polar surface area (TPSA) is 3.24 Å². The van der Waals surface area contributed by atoms with Crippen molar-refractivity contribution in [2.75, 3.05) is 19.8 Å². The molecular weight excluding hydrogens is 130 g/mol. The summed E-state index contributed by atoms with van der Waals surface area (Å²) in [6.07, 6.45) is 2.49. The number of nitrogens with zero attached hydrogens (tertiary/aromatic N) is 1. The Morgan fingerprint density at radius 1 is 1.44 bits per heavy atom. The molecule has 0 aromatic heterocycles. The Hall–Kier alpha value is 0.310. The molecule has 0 radical (unpaired) electrons. The van der Waals surface area contributed by atoms with Crippen LogP contribution >= 0.6 is 12.6 Å². The first-order valence-corrected chi connectivity index (χ1v) is 4.09. The van der Waals surface area contributed by atoms with Gasteiger partial charge in [0.2, 0.25) is 0 Å². The second kappa shape index (κ2) is 5.12. The van der Waals surface area contributed by atoms with Crippen molar-refractivity contribution in [1.82, 2.24) is 4.90 Å². The second-order valence-corrected chi connectivity index (χ2v) is 3.13. The van der Waals surface area contributed by atoms with Crippen molar-refractivity contribution in [1.29, 1.82) is 0 Å². The molecule has 0 rings (SSSR count). The third-order valence-electron chi connectivity index (χ3n) is 1.66. The first-order chi connectivity index (χ1) is 4.18. The third kappa shape index (κ3) is 4.79. The Labute approximate surface area is 63.8 Å². The van der Waals surface area contributed by atoms with Gasteiger partial charge in [-0.25, -0.2) is 0 Å². The van der Waals surface area contributed by atoms with Gasteiger partial charge in [-0.2, -0.15) is 12.6 Å². The lowest BCUT2D eigenvalue weighted by atomic mass is 10.2. The molecule has 0 heterocycles. The molecule has 9 heavy (non-hydrogen) atoms. The number of thiol groups is 1. The highest BCUT2D eigenvalue weighted by Crippen LogP contribution is 2.01. The first-order valence-electron chi connectivity index (χ1n) is 3.45. The van der Waals surface area contributed by atoms with Crippen LogP contribution in [0.2, 0.25) is 0 Å². The SMILES string of the molecule is CC(CCCS)N(C)C. The number of hydrogen-bond donors (Lipinski definition) is 1. The highest BCUT2D eigenvalue weighted by Gasteiger charge is 2.01. The maximum atomic E-state index is 4.15. The van der Waals surface area contributed by atoms with Gasteiger partial charge < -0.3 is 4.90 Å². The Kier molecular flexibility index (Phi) is 5.30. The summed E-state index contributed by atoms with van der Waals surface area (Å²) in [6.45, 7) is 2.24. The fourth-order valence-corrected chi connectivity index (χ4v) is 0.827. The van der Waals surface area contributed by atoms with Gasteiger partial charge in [-0.3, -0.25) is 0 Å². The molecule has 0 N–H and O–H groups in total. The van der Waals surface area contributed by atoms with Crippen LogP contribution in [0, 0.1) is 0 Å². The fraction of sp³-hybridized carbons (Fsp3) is 1.00. The largest absolute Gasteiger partial charge is 0.307 e. The van der Waals surface area contributed by atoms with E-state index in [1.807, 2.05) is 0 Å². The summed E-state index contributed by atoms with van der Waals surface area (Å²) in [7, 11) is 4.23. The van der Waals surface area contributed by atoms with Crippen LogP contribution in [0.5, 0.6) is 0 Å². The van der Waals surface area contributed by atoms with Crippen LogP contribution < -0.4 is 0 Å². The van der Waals surface area contributed by atoms with E-state index in [2.05, 4.69) is 38.5 Å². The highest BCUT2D eigenvalue weighted by atomic mass is 32.1. The van der Waals surface area contributed by atoms with Crippen molar-refractivity contribution in [3.05, 3.63) is 0 Å². The summed E-state index contributed by atoms with van der Waals surface area (Å²) in [5, 5.41) is 0. The molecular formula is C7H17NS. The summed E-state index contributed by atoms with van der Waals surface area (Å²) in [5.41, 5.74) is 0. The summed E-state index contributed by atoms with van der Waals surface area (Å²) >= 11 is 4.15. The monoisotopic (exact) mass is 147 g/mol. The predicted octanol–water partition coefficient (Wildman–Crippen LogP) is 1.65. The molecule has 0 saturated carbocycles. The standard InChI is InChI=1S/C7H17NS/c1-7(8(2)3)5-4-6-9/h7,9H,4-6H2,1-3H3. The zero-order valence-electron chi connectivity index (χ0n) is 6.59. The van der Waals surface area contributed by atoms with Crippen molar-refractivity contribution in [3.8, 4) is 0 Å². The zero-order chi connectivity index (χ0) is 7.28. The van der Waals surface area contributed by atoms with E-state index in [4.69, 9.17) is 0 Å². The minimum atomic E-state index is 0.706. The van der Waals surface area contributed by atoms with Gasteiger partial charge in [-0.1, -0.05) is 0 Å². The molecule has 0 amide bonds. The quantitative estimate of drug-likeness (QED) is 0.592. The molecule has 0 bridgehead atoms. The summed E-state index contributed by atoms with van der Waals surface area (Å²) in [5.74, 6) is 1.01.